The van der Waals surface area contributed by atoms with Crippen LogP contribution in [0.1, 0.15) is 6.42 Å². The first-order valence-electron chi connectivity index (χ1n) is 6.56. The Morgan fingerprint density at radius 3 is 2.90 bits per heavy atom. The normalized spacial score (nSPS) is 30.2. The van der Waals surface area contributed by atoms with E-state index in [0.29, 0.717) is 26.3 Å². The molecule has 20 heavy (non-hydrogen) atoms. The number of morpholine rings is 1. The van der Waals surface area contributed by atoms with E-state index in [2.05, 4.69) is 5.32 Å². The molecule has 0 aromatic rings. The van der Waals surface area contributed by atoms with Crippen molar-refractivity contribution in [3.05, 3.63) is 0 Å². The van der Waals surface area contributed by atoms with Gasteiger partial charge in [0, 0.05) is 26.7 Å². The molecule has 0 aromatic carbocycles. The molecular formula is C12H20N2O6. The SMILES string of the molecule is COC1(CNC(=O)N2CCOC(C(=O)O)C2)CCOC1. The second-order valence-corrected chi connectivity index (χ2v) is 4.99. The number of nitrogens with zero attached hydrogens (tertiary/aromatic N) is 1. The van der Waals surface area contributed by atoms with Gasteiger partial charge in [-0.15, -0.1) is 0 Å². The van der Waals surface area contributed by atoms with Crippen LogP contribution in [0.25, 0.3) is 0 Å². The predicted octanol–water partition coefficient (Wildman–Crippen LogP) is -0.713. The van der Waals surface area contributed by atoms with Crippen LogP contribution in [-0.2, 0) is 19.0 Å². The Morgan fingerprint density at radius 2 is 2.30 bits per heavy atom. The third kappa shape index (κ3) is 3.38. The Balaban J connectivity index is 1.83. The highest BCUT2D eigenvalue weighted by molar-refractivity contribution is 5.77. The van der Waals surface area contributed by atoms with Crippen LogP contribution in [-0.4, -0.2) is 80.3 Å². The van der Waals surface area contributed by atoms with Crippen LogP contribution < -0.4 is 5.32 Å². The molecule has 0 spiro atoms. The summed E-state index contributed by atoms with van der Waals surface area (Å²) >= 11 is 0. The van der Waals surface area contributed by atoms with Crippen molar-refractivity contribution in [1.82, 2.24) is 10.2 Å². The fourth-order valence-electron chi connectivity index (χ4n) is 2.29. The first-order valence-corrected chi connectivity index (χ1v) is 6.56. The van der Waals surface area contributed by atoms with Crippen molar-refractivity contribution in [3.63, 3.8) is 0 Å². The number of methoxy groups -OCH3 is 1. The standard InChI is InChI=1S/C12H20N2O6/c1-18-12(2-4-19-8-12)7-13-11(17)14-3-5-20-9(6-14)10(15)16/h9H,2-8H2,1H3,(H,13,17)(H,15,16). The van der Waals surface area contributed by atoms with Crippen LogP contribution in [0.4, 0.5) is 4.79 Å². The maximum atomic E-state index is 12.1. The molecule has 2 saturated heterocycles. The summed E-state index contributed by atoms with van der Waals surface area (Å²) in [6.07, 6.45) is -0.231. The van der Waals surface area contributed by atoms with Gasteiger partial charge in [0.05, 0.1) is 26.3 Å². The Kier molecular flexibility index (Phi) is 4.79. The molecule has 0 aromatic heterocycles. The number of amides is 2. The van der Waals surface area contributed by atoms with Crippen LogP contribution in [0.2, 0.25) is 0 Å². The van der Waals surface area contributed by atoms with E-state index in [0.717, 1.165) is 6.42 Å². The first kappa shape index (κ1) is 15.0. The van der Waals surface area contributed by atoms with Crippen molar-refractivity contribution in [3.8, 4) is 0 Å². The number of carbonyl (C=O) groups is 2. The second kappa shape index (κ2) is 6.38. The van der Waals surface area contributed by atoms with Gasteiger partial charge >= 0.3 is 12.0 Å². The number of rotatable bonds is 4. The lowest BCUT2D eigenvalue weighted by atomic mass is 10.0. The van der Waals surface area contributed by atoms with E-state index in [4.69, 9.17) is 19.3 Å². The van der Waals surface area contributed by atoms with Gasteiger partial charge in [-0.3, -0.25) is 0 Å². The van der Waals surface area contributed by atoms with Crippen LogP contribution >= 0.6 is 0 Å². The lowest BCUT2D eigenvalue weighted by molar-refractivity contribution is -0.154. The minimum Gasteiger partial charge on any atom is -0.479 e. The zero-order valence-electron chi connectivity index (χ0n) is 11.5. The average molecular weight is 288 g/mol. The van der Waals surface area contributed by atoms with E-state index in [1.807, 2.05) is 0 Å². The van der Waals surface area contributed by atoms with E-state index in [1.165, 1.54) is 4.90 Å². The smallest absolute Gasteiger partial charge is 0.334 e. The number of hydrogen-bond acceptors (Lipinski definition) is 5. The average Bonchev–Trinajstić information content (AvgIpc) is 2.94. The number of carboxylic acid groups (broad SMARTS) is 1. The highest BCUT2D eigenvalue weighted by Gasteiger charge is 2.36. The number of ether oxygens (including phenoxy) is 3. The summed E-state index contributed by atoms with van der Waals surface area (Å²) in [6, 6.07) is -0.303. The molecule has 8 nitrogen and oxygen atoms in total. The van der Waals surface area contributed by atoms with Crippen molar-refractivity contribution in [2.45, 2.75) is 18.1 Å². The minimum absolute atomic E-state index is 0.0532. The van der Waals surface area contributed by atoms with Gasteiger partial charge < -0.3 is 29.5 Å². The molecule has 2 N–H and O–H groups in total. The van der Waals surface area contributed by atoms with Gasteiger partial charge in [-0.1, -0.05) is 0 Å². The number of aliphatic carboxylic acids is 1. The van der Waals surface area contributed by atoms with E-state index in [1.54, 1.807) is 7.11 Å². The molecule has 2 aliphatic rings. The maximum Gasteiger partial charge on any atom is 0.334 e. The monoisotopic (exact) mass is 288 g/mol. The molecule has 2 aliphatic heterocycles. The third-order valence-electron chi connectivity index (χ3n) is 3.69. The fourth-order valence-corrected chi connectivity index (χ4v) is 2.29. The van der Waals surface area contributed by atoms with Gasteiger partial charge in [0.25, 0.3) is 0 Å². The summed E-state index contributed by atoms with van der Waals surface area (Å²) in [7, 11) is 1.59. The lowest BCUT2D eigenvalue weighted by Gasteiger charge is -2.32. The zero-order chi connectivity index (χ0) is 14.6. The van der Waals surface area contributed by atoms with E-state index in [-0.39, 0.29) is 19.2 Å². The molecule has 0 saturated carbocycles. The number of hydrogen-bond donors (Lipinski definition) is 2. The summed E-state index contributed by atoms with van der Waals surface area (Å²) in [5.41, 5.74) is -0.478. The molecule has 114 valence electrons. The van der Waals surface area contributed by atoms with Crippen LogP contribution in [0, 0.1) is 0 Å². The second-order valence-electron chi connectivity index (χ2n) is 4.99. The molecular weight excluding hydrogens is 268 g/mol. The highest BCUT2D eigenvalue weighted by atomic mass is 16.5. The van der Waals surface area contributed by atoms with Gasteiger partial charge in [0.2, 0.25) is 0 Å². The molecule has 2 rings (SSSR count). The van der Waals surface area contributed by atoms with E-state index in [9.17, 15) is 9.59 Å². The zero-order valence-corrected chi connectivity index (χ0v) is 11.5. The fraction of sp³-hybridized carbons (Fsp3) is 0.833. The van der Waals surface area contributed by atoms with Gasteiger partial charge in [0.1, 0.15) is 5.60 Å². The van der Waals surface area contributed by atoms with Crippen LogP contribution in [0.5, 0.6) is 0 Å². The minimum atomic E-state index is -1.06. The molecule has 2 fully saturated rings. The molecule has 2 amide bonds. The van der Waals surface area contributed by atoms with Gasteiger partial charge in [0.15, 0.2) is 6.10 Å². The summed E-state index contributed by atoms with van der Waals surface area (Å²) < 4.78 is 15.8. The van der Waals surface area contributed by atoms with Crippen molar-refractivity contribution in [1.29, 1.82) is 0 Å². The summed E-state index contributed by atoms with van der Waals surface area (Å²) in [5.74, 6) is -1.06. The van der Waals surface area contributed by atoms with Crippen LogP contribution in [0.3, 0.4) is 0 Å². The largest absolute Gasteiger partial charge is 0.479 e. The molecule has 0 aliphatic carbocycles. The van der Waals surface area contributed by atoms with Crippen molar-refractivity contribution >= 4 is 12.0 Å². The molecule has 0 bridgehead atoms. The summed E-state index contributed by atoms with van der Waals surface area (Å²) in [5, 5.41) is 11.7. The Hall–Kier alpha value is -1.38. The van der Waals surface area contributed by atoms with Gasteiger partial charge in [-0.2, -0.15) is 0 Å². The molecule has 2 unspecified atom stereocenters. The first-order chi connectivity index (χ1) is 9.56. The number of carboxylic acids is 1. The topological polar surface area (TPSA) is 97.3 Å². The quantitative estimate of drug-likeness (QED) is 0.709. The Morgan fingerprint density at radius 1 is 1.50 bits per heavy atom. The summed E-state index contributed by atoms with van der Waals surface area (Å²) in [4.78, 5) is 24.4. The summed E-state index contributed by atoms with van der Waals surface area (Å²) in [6.45, 7) is 2.07. The van der Waals surface area contributed by atoms with Crippen LogP contribution in [0.15, 0.2) is 0 Å². The Bertz CT molecular complexity index is 369. The number of carbonyl (C=O) groups excluding carboxylic acids is 1. The maximum absolute atomic E-state index is 12.1. The Labute approximate surface area is 117 Å². The van der Waals surface area contributed by atoms with Gasteiger partial charge in [-0.25, -0.2) is 9.59 Å². The molecule has 2 atom stereocenters. The van der Waals surface area contributed by atoms with Crippen molar-refractivity contribution in [2.24, 2.45) is 0 Å². The number of nitrogens with one attached hydrogen (secondary N) is 1. The highest BCUT2D eigenvalue weighted by Crippen LogP contribution is 2.21. The molecule has 2 heterocycles. The third-order valence-corrected chi connectivity index (χ3v) is 3.69. The predicted molar refractivity (Wildman–Crippen MR) is 67.5 cm³/mol. The molecule has 0 radical (unpaired) electrons. The van der Waals surface area contributed by atoms with Crippen molar-refractivity contribution in [2.75, 3.05) is 46.6 Å². The van der Waals surface area contributed by atoms with Gasteiger partial charge in [-0.05, 0) is 0 Å². The van der Waals surface area contributed by atoms with E-state index < -0.39 is 17.7 Å². The molecule has 8 heteroatoms. The number of urea groups is 1. The van der Waals surface area contributed by atoms with E-state index >= 15 is 0 Å². The van der Waals surface area contributed by atoms with Crippen molar-refractivity contribution < 1.29 is 28.9 Å². The lowest BCUT2D eigenvalue weighted by Crippen LogP contribution is -2.54.